The van der Waals surface area contributed by atoms with Crippen molar-refractivity contribution in [2.75, 3.05) is 4.90 Å². The maximum absolute atomic E-state index is 2.50. The van der Waals surface area contributed by atoms with Crippen LogP contribution >= 0.6 is 0 Å². The lowest BCUT2D eigenvalue weighted by molar-refractivity contribution is 0.660. The predicted molar refractivity (Wildman–Crippen MR) is 269 cm³/mol. The Morgan fingerprint density at radius 1 is 0.344 bits per heavy atom. The van der Waals surface area contributed by atoms with E-state index in [4.69, 9.17) is 0 Å². The Morgan fingerprint density at radius 2 is 0.828 bits per heavy atom. The van der Waals surface area contributed by atoms with Crippen molar-refractivity contribution in [3.8, 4) is 61.5 Å². The van der Waals surface area contributed by atoms with Gasteiger partial charge in [-0.3, -0.25) is 0 Å². The van der Waals surface area contributed by atoms with Crippen LogP contribution in [0.2, 0.25) is 0 Å². The van der Waals surface area contributed by atoms with Gasteiger partial charge in [-0.15, -0.1) is 0 Å². The SMILES string of the molecule is CC1(C)c2ccccc2-c2ccc(N(c3ccc(-c4ccccc4)cc3)c3ccc(-c4ccc5c(c4)-c4c(c6ccccc6n4-c4ccc(-c6ccccc6)cc4)C5(C)C)cc3)cc21. The highest BCUT2D eigenvalue weighted by molar-refractivity contribution is 6.00. The summed E-state index contributed by atoms with van der Waals surface area (Å²) in [7, 11) is 0. The summed E-state index contributed by atoms with van der Waals surface area (Å²) < 4.78 is 2.50. The molecule has 12 rings (SSSR count). The van der Waals surface area contributed by atoms with Crippen LogP contribution in [-0.4, -0.2) is 4.57 Å². The van der Waals surface area contributed by atoms with Crippen LogP contribution in [0.25, 0.3) is 72.4 Å². The van der Waals surface area contributed by atoms with Gasteiger partial charge >= 0.3 is 0 Å². The van der Waals surface area contributed by atoms with Gasteiger partial charge < -0.3 is 9.47 Å². The first kappa shape index (κ1) is 38.0. The van der Waals surface area contributed by atoms with Crippen molar-refractivity contribution in [1.29, 1.82) is 0 Å². The van der Waals surface area contributed by atoms with Gasteiger partial charge in [0.15, 0.2) is 0 Å². The number of fused-ring (bicyclic) bond motifs is 8. The van der Waals surface area contributed by atoms with Crippen LogP contribution in [0.1, 0.15) is 49.9 Å². The molecule has 0 saturated carbocycles. The standard InChI is InChI=1S/C62H48N2/c1-61(2)55-21-13-11-19-51(55)52-37-36-50(40-57(52)61)63(47-30-23-43(24-31-47)41-15-7-5-8-16-41)48-32-27-45(28-33-48)46-29-38-56-54(39-46)60-59(62(56,3)4)53-20-12-14-22-58(53)64(60)49-34-25-44(26-35-49)42-17-9-6-10-18-42/h5-40H,1-4H3. The zero-order valence-corrected chi connectivity index (χ0v) is 36.7. The van der Waals surface area contributed by atoms with Gasteiger partial charge in [0.2, 0.25) is 0 Å². The summed E-state index contributed by atoms with van der Waals surface area (Å²) in [5, 5.41) is 1.31. The van der Waals surface area contributed by atoms with Crippen molar-refractivity contribution in [2.24, 2.45) is 0 Å². The van der Waals surface area contributed by atoms with Crippen LogP contribution in [-0.2, 0) is 10.8 Å². The van der Waals surface area contributed by atoms with Crippen molar-refractivity contribution in [2.45, 2.75) is 38.5 Å². The molecule has 0 amide bonds. The molecule has 0 atom stereocenters. The summed E-state index contributed by atoms with van der Waals surface area (Å²) in [5.74, 6) is 0. The van der Waals surface area contributed by atoms with E-state index in [0.29, 0.717) is 0 Å². The van der Waals surface area contributed by atoms with Crippen LogP contribution in [0.15, 0.2) is 218 Å². The number of benzene rings is 9. The van der Waals surface area contributed by atoms with Crippen LogP contribution in [0.3, 0.4) is 0 Å². The Bertz CT molecular complexity index is 3390. The first-order valence-corrected chi connectivity index (χ1v) is 22.5. The van der Waals surface area contributed by atoms with Crippen LogP contribution < -0.4 is 4.90 Å². The average molecular weight is 821 g/mol. The van der Waals surface area contributed by atoms with Gasteiger partial charge in [0, 0.05) is 44.5 Å². The molecule has 0 radical (unpaired) electrons. The molecule has 2 aliphatic rings. The molecule has 2 aliphatic carbocycles. The second-order valence-electron chi connectivity index (χ2n) is 18.6. The first-order chi connectivity index (χ1) is 31.3. The molecular weight excluding hydrogens is 773 g/mol. The summed E-state index contributed by atoms with van der Waals surface area (Å²) in [6.45, 7) is 9.50. The minimum absolute atomic E-state index is 0.103. The Morgan fingerprint density at radius 3 is 1.48 bits per heavy atom. The third-order valence-corrected chi connectivity index (χ3v) is 14.2. The fourth-order valence-electron chi connectivity index (χ4n) is 10.9. The highest BCUT2D eigenvalue weighted by Gasteiger charge is 2.41. The quantitative estimate of drug-likeness (QED) is 0.155. The number of rotatable bonds is 7. The van der Waals surface area contributed by atoms with Gasteiger partial charge in [-0.05, 0) is 127 Å². The first-order valence-electron chi connectivity index (χ1n) is 22.5. The maximum atomic E-state index is 2.50. The minimum atomic E-state index is -0.162. The molecule has 0 unspecified atom stereocenters. The molecular formula is C62H48N2. The minimum Gasteiger partial charge on any atom is -0.310 e. The second kappa shape index (κ2) is 14.4. The Hall–Kier alpha value is -7.68. The van der Waals surface area contributed by atoms with E-state index in [1.807, 2.05) is 0 Å². The van der Waals surface area contributed by atoms with Crippen molar-refractivity contribution < 1.29 is 0 Å². The van der Waals surface area contributed by atoms with E-state index >= 15 is 0 Å². The predicted octanol–water partition coefficient (Wildman–Crippen LogP) is 16.7. The molecule has 2 heteroatoms. The zero-order valence-electron chi connectivity index (χ0n) is 36.7. The number of para-hydroxylation sites is 1. The van der Waals surface area contributed by atoms with E-state index in [1.54, 1.807) is 0 Å². The number of hydrogen-bond acceptors (Lipinski definition) is 1. The lowest BCUT2D eigenvalue weighted by Crippen LogP contribution is -2.16. The van der Waals surface area contributed by atoms with Crippen molar-refractivity contribution in [1.82, 2.24) is 4.57 Å². The van der Waals surface area contributed by atoms with Crippen molar-refractivity contribution >= 4 is 28.0 Å². The summed E-state index contributed by atoms with van der Waals surface area (Å²) >= 11 is 0. The molecule has 0 N–H and O–H groups in total. The van der Waals surface area contributed by atoms with Gasteiger partial charge in [-0.25, -0.2) is 0 Å². The summed E-state index contributed by atoms with van der Waals surface area (Å²) in [4.78, 5) is 2.41. The number of anilines is 3. The van der Waals surface area contributed by atoms with Gasteiger partial charge in [-0.1, -0.05) is 185 Å². The largest absolute Gasteiger partial charge is 0.310 e. The molecule has 64 heavy (non-hydrogen) atoms. The van der Waals surface area contributed by atoms with Crippen molar-refractivity contribution in [3.05, 3.63) is 241 Å². The lowest BCUT2D eigenvalue weighted by atomic mass is 9.81. The van der Waals surface area contributed by atoms with Crippen LogP contribution in [0.4, 0.5) is 17.1 Å². The smallest absolute Gasteiger partial charge is 0.0585 e. The highest BCUT2D eigenvalue weighted by atomic mass is 15.1. The molecule has 0 aliphatic heterocycles. The fourth-order valence-corrected chi connectivity index (χ4v) is 10.9. The lowest BCUT2D eigenvalue weighted by Gasteiger charge is -2.28. The molecule has 1 heterocycles. The molecule has 1 aromatic heterocycles. The second-order valence-corrected chi connectivity index (χ2v) is 18.6. The Labute approximate surface area is 376 Å². The Kier molecular flexibility index (Phi) is 8.58. The van der Waals surface area contributed by atoms with Gasteiger partial charge in [-0.2, -0.15) is 0 Å². The zero-order chi connectivity index (χ0) is 43.2. The molecule has 0 saturated heterocycles. The average Bonchev–Trinajstić information content (AvgIpc) is 3.90. The third kappa shape index (κ3) is 5.86. The number of hydrogen-bond donors (Lipinski definition) is 0. The molecule has 0 bridgehead atoms. The van der Waals surface area contributed by atoms with E-state index in [1.165, 1.54) is 94.6 Å². The highest BCUT2D eigenvalue weighted by Crippen LogP contribution is 2.55. The molecule has 10 aromatic rings. The maximum Gasteiger partial charge on any atom is 0.0585 e. The van der Waals surface area contributed by atoms with E-state index in [2.05, 4.69) is 256 Å². The number of aromatic nitrogens is 1. The third-order valence-electron chi connectivity index (χ3n) is 14.2. The molecule has 0 fully saturated rings. The molecule has 2 nitrogen and oxygen atoms in total. The van der Waals surface area contributed by atoms with E-state index in [0.717, 1.165) is 17.1 Å². The van der Waals surface area contributed by atoms with Crippen LogP contribution in [0.5, 0.6) is 0 Å². The van der Waals surface area contributed by atoms with Gasteiger partial charge in [0.1, 0.15) is 0 Å². The van der Waals surface area contributed by atoms with Crippen LogP contribution in [0, 0.1) is 0 Å². The molecule has 9 aromatic carbocycles. The number of nitrogens with zero attached hydrogens (tertiary/aromatic N) is 2. The monoisotopic (exact) mass is 820 g/mol. The molecule has 306 valence electrons. The summed E-state index contributed by atoms with van der Waals surface area (Å²) in [6.07, 6.45) is 0. The summed E-state index contributed by atoms with van der Waals surface area (Å²) in [6, 6.07) is 80.6. The molecule has 0 spiro atoms. The van der Waals surface area contributed by atoms with E-state index in [-0.39, 0.29) is 10.8 Å². The topological polar surface area (TPSA) is 8.17 Å². The fraction of sp³-hybridized carbons (Fsp3) is 0.0968. The normalized spacial score (nSPS) is 13.9. The summed E-state index contributed by atoms with van der Waals surface area (Å²) in [5.41, 5.74) is 23.6. The van der Waals surface area contributed by atoms with E-state index in [9.17, 15) is 0 Å². The Balaban J connectivity index is 0.952. The van der Waals surface area contributed by atoms with E-state index < -0.39 is 0 Å². The van der Waals surface area contributed by atoms with Gasteiger partial charge in [0.05, 0.1) is 11.2 Å². The van der Waals surface area contributed by atoms with Gasteiger partial charge in [0.25, 0.3) is 0 Å². The van der Waals surface area contributed by atoms with Crippen molar-refractivity contribution in [3.63, 3.8) is 0 Å².